The first-order valence-corrected chi connectivity index (χ1v) is 10.8. The third-order valence-electron chi connectivity index (χ3n) is 5.00. The van der Waals surface area contributed by atoms with Gasteiger partial charge in [-0.1, -0.05) is 11.8 Å². The van der Waals surface area contributed by atoms with Gasteiger partial charge in [-0.3, -0.25) is 10.3 Å². The number of amides is 1. The molecule has 0 spiro atoms. The molecule has 2 aliphatic heterocycles. The van der Waals surface area contributed by atoms with Gasteiger partial charge in [0.05, 0.1) is 24.6 Å². The molecule has 1 fully saturated rings. The maximum atomic E-state index is 13.3. The SMILES string of the molecule is CC(C)(C)OC(=O)NC1=NC2(c3cc(N)ccn3)CN(c3ncc(F)cn3)CC2CS1. The number of nitrogens with one attached hydrogen (secondary N) is 1. The number of aromatic nitrogens is 3. The van der Waals surface area contributed by atoms with E-state index in [2.05, 4.69) is 20.3 Å². The summed E-state index contributed by atoms with van der Waals surface area (Å²) >= 11 is 1.44. The zero-order valence-corrected chi connectivity index (χ0v) is 18.3. The summed E-state index contributed by atoms with van der Waals surface area (Å²) in [6.07, 6.45) is 3.36. The van der Waals surface area contributed by atoms with Crippen LogP contribution in [0.5, 0.6) is 0 Å². The van der Waals surface area contributed by atoms with E-state index in [0.717, 1.165) is 12.4 Å². The summed E-state index contributed by atoms with van der Waals surface area (Å²) in [5, 5.41) is 3.21. The van der Waals surface area contributed by atoms with Crippen molar-refractivity contribution in [1.82, 2.24) is 20.3 Å². The summed E-state index contributed by atoms with van der Waals surface area (Å²) in [6, 6.07) is 3.51. The van der Waals surface area contributed by atoms with Gasteiger partial charge >= 0.3 is 6.09 Å². The van der Waals surface area contributed by atoms with E-state index in [0.29, 0.717) is 41.3 Å². The molecule has 1 amide bonds. The molecule has 9 nitrogen and oxygen atoms in total. The number of carbonyl (C=O) groups excluding carboxylic acids is 1. The van der Waals surface area contributed by atoms with Crippen LogP contribution >= 0.6 is 11.8 Å². The molecule has 4 rings (SSSR count). The quantitative estimate of drug-likeness (QED) is 0.724. The Bertz CT molecular complexity index is 1010. The summed E-state index contributed by atoms with van der Waals surface area (Å²) in [7, 11) is 0. The number of carbonyl (C=O) groups is 1. The smallest absolute Gasteiger partial charge is 0.413 e. The molecule has 2 atom stereocenters. The van der Waals surface area contributed by atoms with Crippen molar-refractivity contribution >= 4 is 34.7 Å². The van der Waals surface area contributed by atoms with Crippen molar-refractivity contribution in [1.29, 1.82) is 0 Å². The Kier molecular flexibility index (Phi) is 5.46. The lowest BCUT2D eigenvalue weighted by Gasteiger charge is -2.34. The molecule has 4 heterocycles. The lowest BCUT2D eigenvalue weighted by Crippen LogP contribution is -2.44. The molecule has 2 aromatic heterocycles. The third-order valence-corrected chi connectivity index (χ3v) is 6.03. The number of nitrogens with two attached hydrogens (primary N) is 1. The van der Waals surface area contributed by atoms with E-state index in [1.807, 2.05) is 4.90 Å². The van der Waals surface area contributed by atoms with Gasteiger partial charge in [-0.2, -0.15) is 0 Å². The van der Waals surface area contributed by atoms with E-state index < -0.39 is 23.1 Å². The number of pyridine rings is 1. The fourth-order valence-corrected chi connectivity index (χ4v) is 4.84. The number of hydrogen-bond acceptors (Lipinski definition) is 9. The fraction of sp³-hybridized carbons (Fsp3) is 0.450. The van der Waals surface area contributed by atoms with E-state index in [1.165, 1.54) is 11.8 Å². The first-order valence-electron chi connectivity index (χ1n) is 9.82. The third kappa shape index (κ3) is 4.55. The maximum Gasteiger partial charge on any atom is 0.413 e. The second-order valence-corrected chi connectivity index (χ2v) is 9.54. The topological polar surface area (TPSA) is 119 Å². The van der Waals surface area contributed by atoms with E-state index >= 15 is 0 Å². The van der Waals surface area contributed by atoms with Crippen LogP contribution in [0.1, 0.15) is 26.5 Å². The molecule has 2 unspecified atom stereocenters. The molecule has 0 bridgehead atoms. The highest BCUT2D eigenvalue weighted by molar-refractivity contribution is 8.13. The molecule has 2 aromatic rings. The van der Waals surface area contributed by atoms with Crippen molar-refractivity contribution < 1.29 is 13.9 Å². The molecule has 0 aromatic carbocycles. The maximum absolute atomic E-state index is 13.3. The number of thioether (sulfide) groups is 1. The minimum absolute atomic E-state index is 0.0599. The molecule has 31 heavy (non-hydrogen) atoms. The van der Waals surface area contributed by atoms with E-state index in [4.69, 9.17) is 15.5 Å². The summed E-state index contributed by atoms with van der Waals surface area (Å²) in [5.74, 6) is 0.665. The van der Waals surface area contributed by atoms with Gasteiger partial charge in [0.15, 0.2) is 11.0 Å². The molecular weight excluding hydrogens is 421 g/mol. The second-order valence-electron chi connectivity index (χ2n) is 8.53. The Morgan fingerprint density at radius 1 is 1.35 bits per heavy atom. The van der Waals surface area contributed by atoms with Crippen LogP contribution in [0.3, 0.4) is 0 Å². The molecule has 2 aliphatic rings. The van der Waals surface area contributed by atoms with Crippen LogP contribution in [0.25, 0.3) is 0 Å². The average molecular weight is 446 g/mol. The Balaban J connectivity index is 1.68. The number of hydrogen-bond donors (Lipinski definition) is 2. The summed E-state index contributed by atoms with van der Waals surface area (Å²) in [6.45, 7) is 6.43. The van der Waals surface area contributed by atoms with Crippen LogP contribution in [-0.2, 0) is 10.3 Å². The molecule has 0 aliphatic carbocycles. The highest BCUT2D eigenvalue weighted by Crippen LogP contribution is 2.45. The van der Waals surface area contributed by atoms with E-state index in [-0.39, 0.29) is 5.92 Å². The molecule has 0 saturated carbocycles. The zero-order valence-electron chi connectivity index (χ0n) is 17.5. The van der Waals surface area contributed by atoms with Crippen LogP contribution in [-0.4, -0.2) is 50.7 Å². The first kappa shape index (κ1) is 21.3. The Morgan fingerprint density at radius 2 is 2.10 bits per heavy atom. The summed E-state index contributed by atoms with van der Waals surface area (Å²) in [4.78, 5) is 32.0. The largest absolute Gasteiger partial charge is 0.444 e. The van der Waals surface area contributed by atoms with Crippen LogP contribution in [0.15, 0.2) is 35.7 Å². The monoisotopic (exact) mass is 445 g/mol. The van der Waals surface area contributed by atoms with Gasteiger partial charge in [-0.05, 0) is 32.9 Å². The predicted molar refractivity (Wildman–Crippen MR) is 117 cm³/mol. The fourth-order valence-electron chi connectivity index (χ4n) is 3.72. The minimum Gasteiger partial charge on any atom is -0.444 e. The lowest BCUT2D eigenvalue weighted by molar-refractivity contribution is 0.0564. The average Bonchev–Trinajstić information content (AvgIpc) is 3.07. The number of alkyl carbamates (subject to hydrolysis) is 1. The van der Waals surface area contributed by atoms with Crippen LogP contribution < -0.4 is 16.0 Å². The predicted octanol–water partition coefficient (Wildman–Crippen LogP) is 2.55. The number of rotatable bonds is 2. The standard InChI is InChI=1S/C20H24FN7O2S/c1-19(2,3)30-18(29)26-17-27-20(15-6-14(22)4-5-23-15)11-28(9-12(20)10-31-17)16-24-7-13(21)8-25-16/h4-8,12H,9-11H2,1-3H3,(H2,22,23)(H,26,27,29). The van der Waals surface area contributed by atoms with Crippen molar-refractivity contribution in [2.24, 2.45) is 10.9 Å². The van der Waals surface area contributed by atoms with Crippen molar-refractivity contribution in [3.05, 3.63) is 42.2 Å². The van der Waals surface area contributed by atoms with Gasteiger partial charge in [0.2, 0.25) is 5.95 Å². The first-order chi connectivity index (χ1) is 14.6. The van der Waals surface area contributed by atoms with Crippen molar-refractivity contribution in [3.8, 4) is 0 Å². The van der Waals surface area contributed by atoms with Crippen LogP contribution in [0.2, 0.25) is 0 Å². The zero-order chi connectivity index (χ0) is 22.2. The minimum atomic E-state index is -0.761. The molecule has 164 valence electrons. The lowest BCUT2D eigenvalue weighted by atomic mass is 9.85. The number of aliphatic imine (C=N–C) groups is 1. The number of anilines is 2. The molecular formula is C20H24FN7O2S. The van der Waals surface area contributed by atoms with Crippen molar-refractivity contribution in [3.63, 3.8) is 0 Å². The molecule has 11 heteroatoms. The molecule has 0 radical (unpaired) electrons. The number of fused-ring (bicyclic) bond motifs is 1. The van der Waals surface area contributed by atoms with Gasteiger partial charge in [0, 0.05) is 30.1 Å². The molecule has 3 N–H and O–H groups in total. The Labute approximate surface area is 183 Å². The van der Waals surface area contributed by atoms with Gasteiger partial charge in [0.25, 0.3) is 0 Å². The van der Waals surface area contributed by atoms with E-state index in [1.54, 1.807) is 39.1 Å². The molecule has 1 saturated heterocycles. The summed E-state index contributed by atoms with van der Waals surface area (Å²) in [5.41, 5.74) is 5.92. The highest BCUT2D eigenvalue weighted by Gasteiger charge is 2.52. The number of nitrogens with zero attached hydrogens (tertiary/aromatic N) is 5. The number of halogens is 1. The van der Waals surface area contributed by atoms with Gasteiger partial charge in [-0.25, -0.2) is 24.1 Å². The highest BCUT2D eigenvalue weighted by atomic mass is 32.2. The van der Waals surface area contributed by atoms with Gasteiger partial charge < -0.3 is 15.4 Å². The number of ether oxygens (including phenoxy) is 1. The van der Waals surface area contributed by atoms with Crippen LogP contribution in [0, 0.1) is 11.7 Å². The Hall–Kier alpha value is -2.95. The Morgan fingerprint density at radius 3 is 2.77 bits per heavy atom. The second kappa shape index (κ2) is 7.95. The number of nitrogen functional groups attached to an aromatic ring is 1. The van der Waals surface area contributed by atoms with Gasteiger partial charge in [-0.15, -0.1) is 0 Å². The van der Waals surface area contributed by atoms with Gasteiger partial charge in [0.1, 0.15) is 11.1 Å². The van der Waals surface area contributed by atoms with Crippen molar-refractivity contribution in [2.75, 3.05) is 29.5 Å². The summed E-state index contributed by atoms with van der Waals surface area (Å²) < 4.78 is 18.7. The van der Waals surface area contributed by atoms with E-state index in [9.17, 15) is 9.18 Å². The van der Waals surface area contributed by atoms with Crippen molar-refractivity contribution in [2.45, 2.75) is 31.9 Å². The number of amidine groups is 1. The normalized spacial score (nSPS) is 23.2. The van der Waals surface area contributed by atoms with Crippen LogP contribution in [0.4, 0.5) is 20.8 Å².